The fraction of sp³-hybridized carbons (Fsp3) is 0.417. The van der Waals surface area contributed by atoms with Crippen molar-refractivity contribution in [2.75, 3.05) is 11.9 Å². The van der Waals surface area contributed by atoms with E-state index in [1.807, 2.05) is 6.92 Å². The molecule has 8 heteroatoms. The molecule has 1 aromatic rings. The fourth-order valence-corrected chi connectivity index (χ4v) is 1.40. The van der Waals surface area contributed by atoms with Gasteiger partial charge in [0.15, 0.2) is 0 Å². The van der Waals surface area contributed by atoms with Crippen LogP contribution in [-0.2, 0) is 6.18 Å². The van der Waals surface area contributed by atoms with Crippen LogP contribution in [-0.4, -0.2) is 12.5 Å². The van der Waals surface area contributed by atoms with Gasteiger partial charge in [-0.25, -0.2) is 10.2 Å². The fourth-order valence-electron chi connectivity index (χ4n) is 1.40. The number of anilines is 1. The van der Waals surface area contributed by atoms with Crippen molar-refractivity contribution in [2.45, 2.75) is 25.9 Å². The first kappa shape index (κ1) is 16.2. The molecule has 0 saturated heterocycles. The number of nitrogens with two attached hydrogens (primary N) is 1. The van der Waals surface area contributed by atoms with Gasteiger partial charge in [0.05, 0.1) is 11.3 Å². The monoisotopic (exact) mass is 292 g/mol. The highest BCUT2D eigenvalue weighted by molar-refractivity contribution is 5.93. The highest BCUT2D eigenvalue weighted by Gasteiger charge is 2.31. The number of halogens is 4. The Morgan fingerprint density at radius 1 is 1.35 bits per heavy atom. The topological polar surface area (TPSA) is 62.4 Å². The first-order valence-electron chi connectivity index (χ1n) is 6.03. The third-order valence-corrected chi connectivity index (χ3v) is 2.47. The van der Waals surface area contributed by atoms with Gasteiger partial charge in [0, 0.05) is 6.54 Å². The lowest BCUT2D eigenvalue weighted by Crippen LogP contribution is -2.36. The van der Waals surface area contributed by atoms with Crippen molar-refractivity contribution in [1.82, 2.24) is 5.43 Å². The molecule has 0 aliphatic carbocycles. The molecule has 0 amide bonds. The minimum absolute atomic E-state index is 0.0108. The van der Waals surface area contributed by atoms with E-state index in [1.54, 1.807) is 0 Å². The van der Waals surface area contributed by atoms with E-state index in [-0.39, 0.29) is 11.6 Å². The van der Waals surface area contributed by atoms with Crippen molar-refractivity contribution in [3.05, 3.63) is 29.6 Å². The van der Waals surface area contributed by atoms with Gasteiger partial charge in [-0.15, -0.1) is 0 Å². The van der Waals surface area contributed by atoms with Crippen molar-refractivity contribution < 1.29 is 17.6 Å². The Bertz CT molecular complexity index is 471. The quantitative estimate of drug-likeness (QED) is 0.200. The molecule has 112 valence electrons. The average molecular weight is 292 g/mol. The van der Waals surface area contributed by atoms with E-state index in [9.17, 15) is 17.6 Å². The van der Waals surface area contributed by atoms with Crippen LogP contribution < -0.4 is 16.6 Å². The number of hydrogen-bond donors (Lipinski definition) is 3. The third-order valence-electron chi connectivity index (χ3n) is 2.47. The van der Waals surface area contributed by atoms with Crippen LogP contribution in [0.4, 0.5) is 23.2 Å². The number of rotatable bonds is 4. The van der Waals surface area contributed by atoms with Crippen LogP contribution >= 0.6 is 0 Å². The Morgan fingerprint density at radius 3 is 2.60 bits per heavy atom. The molecular formula is C12H16F4N4. The van der Waals surface area contributed by atoms with Gasteiger partial charge < -0.3 is 5.32 Å². The number of alkyl halides is 3. The lowest BCUT2D eigenvalue weighted by atomic mass is 10.2. The molecule has 1 rings (SSSR count). The Hall–Kier alpha value is -1.83. The molecule has 0 bridgehead atoms. The zero-order valence-electron chi connectivity index (χ0n) is 10.9. The number of hydrazine groups is 1. The second-order valence-corrected chi connectivity index (χ2v) is 4.05. The van der Waals surface area contributed by atoms with Crippen molar-refractivity contribution in [3.63, 3.8) is 0 Å². The van der Waals surface area contributed by atoms with E-state index in [2.05, 4.69) is 15.7 Å². The Labute approximate surface area is 114 Å². The van der Waals surface area contributed by atoms with Gasteiger partial charge >= 0.3 is 6.18 Å². The predicted octanol–water partition coefficient (Wildman–Crippen LogP) is 2.88. The van der Waals surface area contributed by atoms with Crippen LogP contribution in [0.25, 0.3) is 0 Å². The first-order valence-corrected chi connectivity index (χ1v) is 6.03. The summed E-state index contributed by atoms with van der Waals surface area (Å²) in [5.74, 6) is 4.38. The summed E-state index contributed by atoms with van der Waals surface area (Å²) in [4.78, 5) is 3.98. The largest absolute Gasteiger partial charge is 0.416 e. The smallest absolute Gasteiger partial charge is 0.323 e. The molecule has 20 heavy (non-hydrogen) atoms. The predicted molar refractivity (Wildman–Crippen MR) is 69.6 cm³/mol. The van der Waals surface area contributed by atoms with E-state index < -0.39 is 17.6 Å². The zero-order valence-corrected chi connectivity index (χ0v) is 10.9. The normalized spacial score (nSPS) is 12.4. The van der Waals surface area contributed by atoms with Crippen molar-refractivity contribution in [2.24, 2.45) is 10.8 Å². The van der Waals surface area contributed by atoms with Gasteiger partial charge in [-0.3, -0.25) is 10.4 Å². The van der Waals surface area contributed by atoms with Gasteiger partial charge in [-0.2, -0.15) is 13.2 Å². The number of benzene rings is 1. The molecule has 0 fully saturated rings. The van der Waals surface area contributed by atoms with Crippen molar-refractivity contribution in [3.8, 4) is 0 Å². The van der Waals surface area contributed by atoms with E-state index in [0.29, 0.717) is 18.7 Å². The lowest BCUT2D eigenvalue weighted by molar-refractivity contribution is -0.137. The molecule has 0 unspecified atom stereocenters. The van der Waals surface area contributed by atoms with Gasteiger partial charge in [0.25, 0.3) is 0 Å². The number of nitrogens with one attached hydrogen (secondary N) is 2. The Morgan fingerprint density at radius 2 is 2.05 bits per heavy atom. The molecule has 0 saturated carbocycles. The second kappa shape index (κ2) is 7.09. The first-order chi connectivity index (χ1) is 9.38. The number of hydrogen-bond acceptors (Lipinski definition) is 2. The highest BCUT2D eigenvalue weighted by atomic mass is 19.4. The van der Waals surface area contributed by atoms with Gasteiger partial charge in [-0.1, -0.05) is 13.3 Å². The lowest BCUT2D eigenvalue weighted by Gasteiger charge is -2.13. The number of guanidine groups is 1. The number of aliphatic imine (C=N–C) groups is 1. The van der Waals surface area contributed by atoms with Crippen LogP contribution in [0.3, 0.4) is 0 Å². The summed E-state index contributed by atoms with van der Waals surface area (Å²) in [6.45, 7) is 2.40. The summed E-state index contributed by atoms with van der Waals surface area (Å²) in [7, 11) is 0. The molecule has 0 aromatic heterocycles. The molecule has 4 N–H and O–H groups in total. The summed E-state index contributed by atoms with van der Waals surface area (Å²) >= 11 is 0. The number of nitrogens with zero attached hydrogens (tertiary/aromatic N) is 1. The number of unbranched alkanes of at least 4 members (excludes halogenated alkanes) is 1. The molecule has 0 atom stereocenters. The zero-order chi connectivity index (χ0) is 15.2. The molecule has 0 spiro atoms. The summed E-state index contributed by atoms with van der Waals surface area (Å²) in [5, 5.41) is 2.41. The molecule has 0 radical (unpaired) electrons. The molecule has 4 nitrogen and oxygen atoms in total. The minimum atomic E-state index is -4.54. The van der Waals surface area contributed by atoms with E-state index in [1.165, 1.54) is 0 Å². The molecule has 1 aromatic carbocycles. The van der Waals surface area contributed by atoms with Gasteiger partial charge in [-0.05, 0) is 24.6 Å². The van der Waals surface area contributed by atoms with E-state index in [4.69, 9.17) is 5.84 Å². The van der Waals surface area contributed by atoms with Gasteiger partial charge in [0.2, 0.25) is 5.96 Å². The van der Waals surface area contributed by atoms with E-state index >= 15 is 0 Å². The maximum absolute atomic E-state index is 13.5. The molecule has 0 aliphatic heterocycles. The average Bonchev–Trinajstić information content (AvgIpc) is 2.38. The summed E-state index contributed by atoms with van der Waals surface area (Å²) in [5.41, 5.74) is 0.894. The standard InChI is InChI=1S/C12H16F4N4/c1-2-3-6-18-11(20-17)19-10-7-8(12(14,15)16)4-5-9(10)13/h4-5,7H,2-3,6,17H2,1H3,(H2,18,19,20). The van der Waals surface area contributed by atoms with Crippen LogP contribution in [0, 0.1) is 5.82 Å². The maximum atomic E-state index is 13.5. The van der Waals surface area contributed by atoms with Crippen LogP contribution in [0.5, 0.6) is 0 Å². The maximum Gasteiger partial charge on any atom is 0.416 e. The van der Waals surface area contributed by atoms with Crippen LogP contribution in [0.15, 0.2) is 23.2 Å². The van der Waals surface area contributed by atoms with Crippen LogP contribution in [0.2, 0.25) is 0 Å². The molecular weight excluding hydrogens is 276 g/mol. The Kier molecular flexibility index (Phi) is 5.75. The summed E-state index contributed by atoms with van der Waals surface area (Å²) < 4.78 is 51.1. The second-order valence-electron chi connectivity index (χ2n) is 4.05. The molecule has 0 heterocycles. The van der Waals surface area contributed by atoms with Crippen LogP contribution in [0.1, 0.15) is 25.3 Å². The minimum Gasteiger partial charge on any atom is -0.323 e. The highest BCUT2D eigenvalue weighted by Crippen LogP contribution is 2.31. The van der Waals surface area contributed by atoms with Crippen molar-refractivity contribution >= 4 is 11.6 Å². The van der Waals surface area contributed by atoms with Gasteiger partial charge in [0.1, 0.15) is 5.82 Å². The summed E-state index contributed by atoms with van der Waals surface area (Å²) in [6.07, 6.45) is -2.85. The SMILES string of the molecule is CCCCN=C(NN)Nc1cc(C(F)(F)F)ccc1F. The summed E-state index contributed by atoms with van der Waals surface area (Å²) in [6, 6.07) is 2.08. The van der Waals surface area contributed by atoms with E-state index in [0.717, 1.165) is 18.9 Å². The molecule has 0 aliphatic rings. The Balaban J connectivity index is 2.92. The third kappa shape index (κ3) is 4.69. The van der Waals surface area contributed by atoms with Crippen molar-refractivity contribution in [1.29, 1.82) is 0 Å².